The van der Waals surface area contributed by atoms with Crippen molar-refractivity contribution in [3.8, 4) is 0 Å². The van der Waals surface area contributed by atoms with E-state index in [4.69, 9.17) is 9.47 Å². The average molecular weight is 649 g/mol. The number of benzene rings is 3. The van der Waals surface area contributed by atoms with Crippen LogP contribution in [0.3, 0.4) is 0 Å². The van der Waals surface area contributed by atoms with Crippen LogP contribution in [0, 0.1) is 20.2 Å². The highest BCUT2D eigenvalue weighted by Crippen LogP contribution is 2.53. The molecule has 0 N–H and O–H groups in total. The molecular weight excluding hydrogens is 620 g/mol. The van der Waals surface area contributed by atoms with Crippen LogP contribution < -0.4 is 4.90 Å². The molecule has 3 aromatic carbocycles. The van der Waals surface area contributed by atoms with Gasteiger partial charge in [-0.3, -0.25) is 34.7 Å². The smallest absolute Gasteiger partial charge is 0.338 e. The van der Waals surface area contributed by atoms with Gasteiger partial charge in [-0.2, -0.15) is 0 Å². The molecule has 3 aromatic rings. The predicted octanol–water partition coefficient (Wildman–Crippen LogP) is 4.39. The van der Waals surface area contributed by atoms with E-state index in [1.807, 2.05) is 0 Å². The van der Waals surface area contributed by atoms with Gasteiger partial charge in [-0.1, -0.05) is 6.07 Å². The molecule has 0 aliphatic carbocycles. The summed E-state index contributed by atoms with van der Waals surface area (Å²) in [6, 6.07) is 15.3. The number of nitrogens with zero attached hydrogens (tertiary/aromatic N) is 4. The Kier molecular flexibility index (Phi) is 8.79. The van der Waals surface area contributed by atoms with E-state index in [-0.39, 0.29) is 35.8 Å². The third kappa shape index (κ3) is 6.26. The normalized spacial score (nSPS) is 19.4. The fourth-order valence-electron chi connectivity index (χ4n) is 5.43. The number of fused-ring (bicyclic) bond motifs is 1. The molecule has 0 spiro atoms. The number of thioether (sulfide) groups is 1. The summed E-state index contributed by atoms with van der Waals surface area (Å²) in [7, 11) is 0. The largest absolute Gasteiger partial charge is 0.459 e. The van der Waals surface area contributed by atoms with Crippen LogP contribution in [0.2, 0.25) is 0 Å². The van der Waals surface area contributed by atoms with Gasteiger partial charge in [-0.25, -0.2) is 9.59 Å². The first kappa shape index (κ1) is 32.1. The Hall–Kier alpha value is -5.31. The third-order valence-corrected chi connectivity index (χ3v) is 9.22. The highest BCUT2D eigenvalue weighted by atomic mass is 32.2. The minimum Gasteiger partial charge on any atom is -0.459 e. The van der Waals surface area contributed by atoms with Crippen LogP contribution in [0.5, 0.6) is 0 Å². The van der Waals surface area contributed by atoms with Gasteiger partial charge in [0.2, 0.25) is 5.91 Å². The van der Waals surface area contributed by atoms with Gasteiger partial charge in [0.25, 0.3) is 17.3 Å². The summed E-state index contributed by atoms with van der Waals surface area (Å²) < 4.78 is 10.1. The number of esters is 2. The van der Waals surface area contributed by atoms with Crippen molar-refractivity contribution in [2.24, 2.45) is 0 Å². The van der Waals surface area contributed by atoms with Crippen LogP contribution in [0.1, 0.15) is 42.3 Å². The molecule has 3 atom stereocenters. The molecule has 46 heavy (non-hydrogen) atoms. The maximum Gasteiger partial charge on any atom is 0.338 e. The third-order valence-electron chi connectivity index (χ3n) is 7.66. The Balaban J connectivity index is 1.28. The average Bonchev–Trinajstić information content (AvgIpc) is 3.28. The lowest BCUT2D eigenvalue weighted by Crippen LogP contribution is -2.71. The highest BCUT2D eigenvalue weighted by molar-refractivity contribution is 8.01. The number of carbonyl (C=O) groups excluding carboxylic acids is 4. The summed E-state index contributed by atoms with van der Waals surface area (Å²) in [5, 5.41) is 21.2. The van der Waals surface area contributed by atoms with E-state index in [0.29, 0.717) is 11.1 Å². The molecule has 14 nitrogen and oxygen atoms in total. The lowest BCUT2D eigenvalue weighted by Gasteiger charge is -2.48. The molecule has 0 bridgehead atoms. The van der Waals surface area contributed by atoms with E-state index in [2.05, 4.69) is 0 Å². The standard InChI is InChI=1S/C31H28N4O10S/c1-18(36)32(24-6-4-5-21(15-24)29(38)44-16-19-7-11-22(12-8-19)34(40)41)25-27(37)33-26(31(2,3)46-28(25)33)30(39)45-17-20-9-13-23(14-10-20)35(42)43/h4-15,25-26,28H,16-17H2,1-3H3/t25-,26?,28+/m1/s1. The number of rotatable bonds is 10. The first-order valence-electron chi connectivity index (χ1n) is 14.0. The van der Waals surface area contributed by atoms with Gasteiger partial charge in [0.15, 0.2) is 0 Å². The molecule has 0 radical (unpaired) electrons. The zero-order chi connectivity index (χ0) is 33.3. The van der Waals surface area contributed by atoms with E-state index in [9.17, 15) is 39.4 Å². The number of amides is 2. The van der Waals surface area contributed by atoms with Gasteiger partial charge < -0.3 is 14.4 Å². The maximum absolute atomic E-state index is 13.6. The molecule has 1 unspecified atom stereocenters. The van der Waals surface area contributed by atoms with Crippen molar-refractivity contribution in [1.29, 1.82) is 0 Å². The van der Waals surface area contributed by atoms with Crippen LogP contribution in [0.25, 0.3) is 0 Å². The number of anilines is 1. The number of hydrogen-bond donors (Lipinski definition) is 0. The Bertz CT molecular complexity index is 1730. The summed E-state index contributed by atoms with van der Waals surface area (Å²) in [6.07, 6.45) is 0. The summed E-state index contributed by atoms with van der Waals surface area (Å²) in [4.78, 5) is 76.0. The zero-order valence-electron chi connectivity index (χ0n) is 24.9. The van der Waals surface area contributed by atoms with Crippen molar-refractivity contribution in [2.75, 3.05) is 4.90 Å². The Morgan fingerprint density at radius 1 is 0.891 bits per heavy atom. The zero-order valence-corrected chi connectivity index (χ0v) is 25.7. The van der Waals surface area contributed by atoms with Crippen molar-refractivity contribution in [3.05, 3.63) is 110 Å². The van der Waals surface area contributed by atoms with Crippen LogP contribution >= 0.6 is 11.8 Å². The fraction of sp³-hybridized carbons (Fsp3) is 0.290. The number of carbonyl (C=O) groups is 4. The van der Waals surface area contributed by atoms with Crippen molar-refractivity contribution in [3.63, 3.8) is 0 Å². The Labute approximate surface area is 266 Å². The molecule has 0 aromatic heterocycles. The van der Waals surface area contributed by atoms with E-state index >= 15 is 0 Å². The van der Waals surface area contributed by atoms with E-state index in [0.717, 1.165) is 0 Å². The topological polar surface area (TPSA) is 179 Å². The van der Waals surface area contributed by atoms with Gasteiger partial charge in [-0.05, 0) is 67.4 Å². The molecule has 238 valence electrons. The van der Waals surface area contributed by atoms with Gasteiger partial charge in [-0.15, -0.1) is 11.8 Å². The Morgan fingerprint density at radius 3 is 1.96 bits per heavy atom. The molecule has 0 saturated carbocycles. The first-order valence-corrected chi connectivity index (χ1v) is 14.9. The lowest BCUT2D eigenvalue weighted by molar-refractivity contribution is -0.385. The van der Waals surface area contributed by atoms with Gasteiger partial charge >= 0.3 is 11.9 Å². The molecule has 2 amide bonds. The predicted molar refractivity (Wildman–Crippen MR) is 165 cm³/mol. The SMILES string of the molecule is CC(=O)N(c1cccc(C(=O)OCc2ccc([N+](=O)[O-])cc2)c1)[C@@H]1C(=O)N2C(C(=O)OCc3ccc([N+](=O)[O-])cc3)C(C)(C)S[C@@H]12. The van der Waals surface area contributed by atoms with Gasteiger partial charge in [0.1, 0.15) is 30.7 Å². The summed E-state index contributed by atoms with van der Waals surface area (Å²) >= 11 is 1.35. The molecule has 2 saturated heterocycles. The second-order valence-corrected chi connectivity index (χ2v) is 12.9. The number of ether oxygens (including phenoxy) is 2. The molecular formula is C31H28N4O10S. The molecule has 5 rings (SSSR count). The summed E-state index contributed by atoms with van der Waals surface area (Å²) in [5.74, 6) is -2.24. The molecule has 2 fully saturated rings. The van der Waals surface area contributed by atoms with Crippen molar-refractivity contribution in [2.45, 2.75) is 56.2 Å². The fourth-order valence-corrected chi connectivity index (χ4v) is 7.09. The lowest BCUT2D eigenvalue weighted by atomic mass is 9.94. The first-order chi connectivity index (χ1) is 21.8. The minimum absolute atomic E-state index is 0.0921. The quantitative estimate of drug-likeness (QED) is 0.132. The van der Waals surface area contributed by atoms with Crippen LogP contribution in [-0.2, 0) is 37.1 Å². The number of β-lactam (4-membered cyclic amide) rings is 1. The molecule has 2 heterocycles. The van der Waals surface area contributed by atoms with E-state index in [1.165, 1.54) is 89.1 Å². The summed E-state index contributed by atoms with van der Waals surface area (Å²) in [5.41, 5.74) is 1.32. The molecule has 2 aliphatic heterocycles. The second-order valence-electron chi connectivity index (χ2n) is 11.2. The van der Waals surface area contributed by atoms with Crippen LogP contribution in [-0.4, -0.2) is 60.7 Å². The van der Waals surface area contributed by atoms with Gasteiger partial charge in [0, 0.05) is 41.6 Å². The minimum atomic E-state index is -0.946. The maximum atomic E-state index is 13.6. The number of hydrogen-bond acceptors (Lipinski definition) is 11. The molecule has 2 aliphatic rings. The highest BCUT2D eigenvalue weighted by Gasteiger charge is 2.66. The Morgan fingerprint density at radius 2 is 1.43 bits per heavy atom. The number of non-ortho nitro benzene ring substituents is 2. The van der Waals surface area contributed by atoms with E-state index in [1.54, 1.807) is 26.0 Å². The van der Waals surface area contributed by atoms with Gasteiger partial charge in [0.05, 0.1) is 15.4 Å². The second kappa shape index (κ2) is 12.6. The summed E-state index contributed by atoms with van der Waals surface area (Å²) in [6.45, 7) is 4.63. The van der Waals surface area contributed by atoms with Crippen molar-refractivity contribution >= 4 is 52.6 Å². The molecule has 15 heteroatoms. The van der Waals surface area contributed by atoms with Crippen LogP contribution in [0.4, 0.5) is 17.1 Å². The monoisotopic (exact) mass is 648 g/mol. The van der Waals surface area contributed by atoms with Crippen molar-refractivity contribution < 1.29 is 38.5 Å². The number of nitro benzene ring substituents is 2. The van der Waals surface area contributed by atoms with Crippen LogP contribution in [0.15, 0.2) is 72.8 Å². The van der Waals surface area contributed by atoms with E-state index < -0.39 is 55.8 Å². The number of nitro groups is 2. The van der Waals surface area contributed by atoms with Crippen molar-refractivity contribution in [1.82, 2.24) is 4.90 Å².